The van der Waals surface area contributed by atoms with Gasteiger partial charge in [0.15, 0.2) is 11.8 Å². The van der Waals surface area contributed by atoms with Crippen molar-refractivity contribution in [1.29, 1.82) is 0 Å². The zero-order valence-electron chi connectivity index (χ0n) is 14.9. The predicted octanol–water partition coefficient (Wildman–Crippen LogP) is 1.80. The van der Waals surface area contributed by atoms with Crippen molar-refractivity contribution in [3.05, 3.63) is 11.7 Å². The second-order valence-corrected chi connectivity index (χ2v) is 6.99. The topological polar surface area (TPSA) is 75.8 Å². The van der Waals surface area contributed by atoms with Gasteiger partial charge in [-0.1, -0.05) is 25.9 Å². The summed E-state index contributed by atoms with van der Waals surface area (Å²) in [6.45, 7) is 12.3. The van der Waals surface area contributed by atoms with Crippen LogP contribution in [0.5, 0.6) is 0 Å². The first-order chi connectivity index (χ1) is 10.9. The molecule has 0 spiro atoms. The van der Waals surface area contributed by atoms with Crippen molar-refractivity contribution < 1.29 is 9.26 Å². The van der Waals surface area contributed by atoms with Gasteiger partial charge in [-0.2, -0.15) is 4.98 Å². The molecule has 0 amide bonds. The monoisotopic (exact) mass is 323 g/mol. The van der Waals surface area contributed by atoms with Gasteiger partial charge >= 0.3 is 0 Å². The number of nitrogens with zero attached hydrogens (tertiary/aromatic N) is 4. The van der Waals surface area contributed by atoms with Gasteiger partial charge in [-0.05, 0) is 13.3 Å². The molecular formula is C16H29N5O2. The SMILES string of the molecule is CCNC(=NCc1noc(C(C)(C)C)n1)N1CCC(COC)C1. The van der Waals surface area contributed by atoms with E-state index in [0.717, 1.165) is 38.6 Å². The van der Waals surface area contributed by atoms with Crippen molar-refractivity contribution in [2.45, 2.75) is 46.1 Å². The Morgan fingerprint density at radius 3 is 2.87 bits per heavy atom. The molecule has 1 aliphatic heterocycles. The molecule has 1 aromatic heterocycles. The van der Waals surface area contributed by atoms with Gasteiger partial charge in [-0.15, -0.1) is 0 Å². The smallest absolute Gasteiger partial charge is 0.232 e. The van der Waals surface area contributed by atoms with Crippen molar-refractivity contribution in [1.82, 2.24) is 20.4 Å². The third-order valence-electron chi connectivity index (χ3n) is 3.80. The molecule has 1 unspecified atom stereocenters. The maximum Gasteiger partial charge on any atom is 0.232 e. The number of rotatable bonds is 5. The molecule has 1 aliphatic rings. The van der Waals surface area contributed by atoms with Crippen molar-refractivity contribution in [2.24, 2.45) is 10.9 Å². The van der Waals surface area contributed by atoms with E-state index < -0.39 is 0 Å². The molecule has 1 fully saturated rings. The number of methoxy groups -OCH3 is 1. The van der Waals surface area contributed by atoms with Crippen molar-refractivity contribution in [3.8, 4) is 0 Å². The van der Waals surface area contributed by atoms with E-state index in [1.165, 1.54) is 0 Å². The Morgan fingerprint density at radius 2 is 2.26 bits per heavy atom. The van der Waals surface area contributed by atoms with Gasteiger partial charge < -0.3 is 19.5 Å². The zero-order valence-corrected chi connectivity index (χ0v) is 14.9. The summed E-state index contributed by atoms with van der Waals surface area (Å²) in [4.78, 5) is 11.4. The Morgan fingerprint density at radius 1 is 1.48 bits per heavy atom. The Labute approximate surface area is 138 Å². The second-order valence-electron chi connectivity index (χ2n) is 6.99. The average Bonchev–Trinajstić information content (AvgIpc) is 3.12. The average molecular weight is 323 g/mol. The molecule has 1 atom stereocenters. The summed E-state index contributed by atoms with van der Waals surface area (Å²) in [6.07, 6.45) is 1.13. The number of likely N-dealkylation sites (tertiary alicyclic amines) is 1. The number of aromatic nitrogens is 2. The molecule has 1 saturated heterocycles. The quantitative estimate of drug-likeness (QED) is 0.658. The third-order valence-corrected chi connectivity index (χ3v) is 3.80. The highest BCUT2D eigenvalue weighted by Crippen LogP contribution is 2.20. The minimum absolute atomic E-state index is 0.137. The van der Waals surface area contributed by atoms with Gasteiger partial charge in [-0.3, -0.25) is 0 Å². The Balaban J connectivity index is 2.00. The van der Waals surface area contributed by atoms with Crippen LogP contribution in [0, 0.1) is 5.92 Å². The number of hydrogen-bond donors (Lipinski definition) is 1. The van der Waals surface area contributed by atoms with Crippen LogP contribution in [0.15, 0.2) is 9.52 Å². The molecule has 7 heteroatoms. The van der Waals surface area contributed by atoms with Crippen LogP contribution in [0.4, 0.5) is 0 Å². The van der Waals surface area contributed by atoms with E-state index >= 15 is 0 Å². The van der Waals surface area contributed by atoms with Crippen LogP contribution >= 0.6 is 0 Å². The van der Waals surface area contributed by atoms with Crippen LogP contribution in [-0.4, -0.2) is 54.4 Å². The maximum atomic E-state index is 5.31. The summed E-state index contributed by atoms with van der Waals surface area (Å²) in [7, 11) is 1.75. The predicted molar refractivity (Wildman–Crippen MR) is 89.4 cm³/mol. The Hall–Kier alpha value is -1.63. The summed E-state index contributed by atoms with van der Waals surface area (Å²) < 4.78 is 10.6. The molecule has 2 heterocycles. The standard InChI is InChI=1S/C16H29N5O2/c1-6-17-15(21-8-7-12(10-21)11-22-5)18-9-13-19-14(23-20-13)16(2,3)4/h12H,6-11H2,1-5H3,(H,17,18). The lowest BCUT2D eigenvalue weighted by Gasteiger charge is -2.21. The number of aliphatic imine (C=N–C) groups is 1. The van der Waals surface area contributed by atoms with E-state index in [-0.39, 0.29) is 5.41 Å². The molecule has 2 rings (SSSR count). The van der Waals surface area contributed by atoms with Crippen molar-refractivity contribution in [3.63, 3.8) is 0 Å². The van der Waals surface area contributed by atoms with E-state index in [0.29, 0.717) is 24.2 Å². The van der Waals surface area contributed by atoms with Gasteiger partial charge in [0.2, 0.25) is 5.89 Å². The van der Waals surface area contributed by atoms with E-state index in [4.69, 9.17) is 9.26 Å². The summed E-state index contributed by atoms with van der Waals surface area (Å²) in [5, 5.41) is 7.37. The largest absolute Gasteiger partial charge is 0.384 e. The highest BCUT2D eigenvalue weighted by Gasteiger charge is 2.25. The molecule has 0 saturated carbocycles. The molecule has 0 aromatic carbocycles. The number of ether oxygens (including phenoxy) is 1. The number of nitrogens with one attached hydrogen (secondary N) is 1. The van der Waals surface area contributed by atoms with Gasteiger partial charge in [0.1, 0.15) is 6.54 Å². The van der Waals surface area contributed by atoms with Gasteiger partial charge in [0.25, 0.3) is 0 Å². The molecule has 23 heavy (non-hydrogen) atoms. The van der Waals surface area contributed by atoms with Crippen molar-refractivity contribution in [2.75, 3.05) is 33.4 Å². The maximum absolute atomic E-state index is 5.31. The Bertz CT molecular complexity index is 521. The van der Waals surface area contributed by atoms with E-state index in [9.17, 15) is 0 Å². The van der Waals surface area contributed by atoms with Crippen LogP contribution in [0.2, 0.25) is 0 Å². The summed E-state index contributed by atoms with van der Waals surface area (Å²) in [6, 6.07) is 0. The highest BCUT2D eigenvalue weighted by atomic mass is 16.5. The molecule has 1 N–H and O–H groups in total. The van der Waals surface area contributed by atoms with E-state index in [1.807, 2.05) is 0 Å². The van der Waals surface area contributed by atoms with E-state index in [1.54, 1.807) is 7.11 Å². The first kappa shape index (κ1) is 17.7. The third kappa shape index (κ3) is 4.92. The molecule has 0 bridgehead atoms. The molecular weight excluding hydrogens is 294 g/mol. The fraction of sp³-hybridized carbons (Fsp3) is 0.812. The van der Waals surface area contributed by atoms with Gasteiger partial charge in [0, 0.05) is 38.1 Å². The Kier molecular flexibility index (Phi) is 5.98. The van der Waals surface area contributed by atoms with Crippen molar-refractivity contribution >= 4 is 5.96 Å². The zero-order chi connectivity index (χ0) is 16.9. The fourth-order valence-electron chi connectivity index (χ4n) is 2.59. The van der Waals surface area contributed by atoms with Crippen LogP contribution in [0.3, 0.4) is 0 Å². The summed E-state index contributed by atoms with van der Waals surface area (Å²) >= 11 is 0. The minimum Gasteiger partial charge on any atom is -0.384 e. The number of guanidine groups is 1. The van der Waals surface area contributed by atoms with Crippen LogP contribution in [0.25, 0.3) is 0 Å². The summed E-state index contributed by atoms with van der Waals surface area (Å²) in [5.74, 6) is 2.75. The molecule has 0 radical (unpaired) electrons. The number of hydrogen-bond acceptors (Lipinski definition) is 5. The minimum atomic E-state index is -0.137. The highest BCUT2D eigenvalue weighted by molar-refractivity contribution is 5.80. The normalized spacial score (nSPS) is 19.4. The lowest BCUT2D eigenvalue weighted by Crippen LogP contribution is -2.40. The lowest BCUT2D eigenvalue weighted by atomic mass is 9.97. The molecule has 130 valence electrons. The fourth-order valence-corrected chi connectivity index (χ4v) is 2.59. The van der Waals surface area contributed by atoms with Gasteiger partial charge in [0.05, 0.1) is 6.61 Å². The van der Waals surface area contributed by atoms with Crippen LogP contribution < -0.4 is 5.32 Å². The van der Waals surface area contributed by atoms with Gasteiger partial charge in [-0.25, -0.2) is 4.99 Å². The van der Waals surface area contributed by atoms with Crippen LogP contribution in [0.1, 0.15) is 45.8 Å². The van der Waals surface area contributed by atoms with E-state index in [2.05, 4.69) is 53.0 Å². The summed E-state index contributed by atoms with van der Waals surface area (Å²) in [5.41, 5.74) is -0.137. The first-order valence-electron chi connectivity index (χ1n) is 8.29. The van der Waals surface area contributed by atoms with Crippen LogP contribution in [-0.2, 0) is 16.7 Å². The molecule has 0 aliphatic carbocycles. The molecule has 1 aromatic rings. The lowest BCUT2D eigenvalue weighted by molar-refractivity contribution is 0.157. The first-order valence-corrected chi connectivity index (χ1v) is 8.29. The second kappa shape index (κ2) is 7.77. The molecule has 7 nitrogen and oxygen atoms in total.